The molecule has 2 aliphatic heterocycles. The van der Waals surface area contributed by atoms with Gasteiger partial charge in [0.05, 0.1) is 11.8 Å². The first-order valence-electron chi connectivity index (χ1n) is 6.14. The zero-order chi connectivity index (χ0) is 13.0. The van der Waals surface area contributed by atoms with Crippen LogP contribution in [0.3, 0.4) is 0 Å². The first-order chi connectivity index (χ1) is 8.50. The Labute approximate surface area is 106 Å². The van der Waals surface area contributed by atoms with Crippen molar-refractivity contribution >= 4 is 17.5 Å². The molecule has 2 aliphatic rings. The van der Waals surface area contributed by atoms with Gasteiger partial charge in [0.25, 0.3) is 0 Å². The summed E-state index contributed by atoms with van der Waals surface area (Å²) in [6, 6.07) is 6.12. The van der Waals surface area contributed by atoms with Crippen molar-refractivity contribution in [2.45, 2.75) is 12.8 Å². The summed E-state index contributed by atoms with van der Waals surface area (Å²) >= 11 is 0. The van der Waals surface area contributed by atoms with Crippen LogP contribution in [-0.4, -0.2) is 37.4 Å². The first-order valence-corrected chi connectivity index (χ1v) is 6.14. The number of fused-ring (bicyclic) bond motifs is 3. The van der Waals surface area contributed by atoms with Crippen molar-refractivity contribution in [3.8, 4) is 0 Å². The van der Waals surface area contributed by atoms with E-state index in [-0.39, 0.29) is 23.7 Å². The lowest BCUT2D eigenvalue weighted by Gasteiger charge is -2.33. The maximum absolute atomic E-state index is 12.2. The number of anilines is 1. The van der Waals surface area contributed by atoms with E-state index in [9.17, 15) is 9.59 Å². The Kier molecular flexibility index (Phi) is 2.24. The number of imide groups is 1. The van der Waals surface area contributed by atoms with Crippen LogP contribution in [0.15, 0.2) is 18.2 Å². The third-order valence-electron chi connectivity index (χ3n) is 4.05. The van der Waals surface area contributed by atoms with Gasteiger partial charge in [0, 0.05) is 26.3 Å². The fourth-order valence-electron chi connectivity index (χ4n) is 3.08. The Morgan fingerprint density at radius 3 is 2.61 bits per heavy atom. The number of hydrogen-bond acceptors (Lipinski definition) is 3. The van der Waals surface area contributed by atoms with Gasteiger partial charge in [-0.3, -0.25) is 14.5 Å². The van der Waals surface area contributed by atoms with E-state index in [0.29, 0.717) is 6.54 Å². The molecule has 0 aromatic heterocycles. The number of likely N-dealkylation sites (N-methyl/N-ethyl adjacent to an activating group) is 1. The van der Waals surface area contributed by atoms with Gasteiger partial charge in [0.15, 0.2) is 0 Å². The molecule has 0 aliphatic carbocycles. The average molecular weight is 244 g/mol. The van der Waals surface area contributed by atoms with E-state index in [0.717, 1.165) is 16.8 Å². The standard InChI is InChI=1S/C14H16N2O2/c1-8-4-5-11-9(6-8)12-10(7-15(11)2)13(17)16(3)14(12)18/h4-6,10,12H,7H2,1-3H3/t10-,12+/m1/s1. The largest absolute Gasteiger partial charge is 0.374 e. The molecule has 4 heteroatoms. The topological polar surface area (TPSA) is 40.6 Å². The summed E-state index contributed by atoms with van der Waals surface area (Å²) in [5, 5.41) is 0. The minimum Gasteiger partial charge on any atom is -0.374 e. The minimum atomic E-state index is -0.284. The summed E-state index contributed by atoms with van der Waals surface area (Å²) < 4.78 is 0. The van der Waals surface area contributed by atoms with E-state index in [2.05, 4.69) is 4.90 Å². The number of carbonyl (C=O) groups is 2. The molecule has 0 saturated carbocycles. The highest BCUT2D eigenvalue weighted by atomic mass is 16.2. The highest BCUT2D eigenvalue weighted by molar-refractivity contribution is 6.09. The van der Waals surface area contributed by atoms with Crippen LogP contribution in [0.2, 0.25) is 0 Å². The number of rotatable bonds is 0. The number of aryl methyl sites for hydroxylation is 1. The van der Waals surface area contributed by atoms with Crippen molar-refractivity contribution in [1.29, 1.82) is 0 Å². The lowest BCUT2D eigenvalue weighted by molar-refractivity contribution is -0.137. The molecule has 1 saturated heterocycles. The lowest BCUT2D eigenvalue weighted by Crippen LogP contribution is -2.37. The Morgan fingerprint density at radius 1 is 1.17 bits per heavy atom. The third kappa shape index (κ3) is 1.32. The number of carbonyl (C=O) groups excluding carboxylic acids is 2. The zero-order valence-electron chi connectivity index (χ0n) is 10.8. The van der Waals surface area contributed by atoms with Crippen LogP contribution in [0.4, 0.5) is 5.69 Å². The predicted molar refractivity (Wildman–Crippen MR) is 68.5 cm³/mol. The molecule has 0 unspecified atom stereocenters. The van der Waals surface area contributed by atoms with Crippen molar-refractivity contribution in [2.24, 2.45) is 5.92 Å². The van der Waals surface area contributed by atoms with Crippen molar-refractivity contribution < 1.29 is 9.59 Å². The minimum absolute atomic E-state index is 0.0518. The molecule has 1 aromatic rings. The number of hydrogen-bond donors (Lipinski definition) is 0. The highest BCUT2D eigenvalue weighted by Gasteiger charge is 2.50. The quantitative estimate of drug-likeness (QED) is 0.643. The van der Waals surface area contributed by atoms with Gasteiger partial charge in [-0.05, 0) is 18.6 Å². The van der Waals surface area contributed by atoms with Crippen LogP contribution in [0.1, 0.15) is 17.0 Å². The van der Waals surface area contributed by atoms with Crippen LogP contribution in [-0.2, 0) is 9.59 Å². The van der Waals surface area contributed by atoms with E-state index >= 15 is 0 Å². The van der Waals surface area contributed by atoms with Crippen molar-refractivity contribution in [3.63, 3.8) is 0 Å². The monoisotopic (exact) mass is 244 g/mol. The fourth-order valence-corrected chi connectivity index (χ4v) is 3.08. The maximum atomic E-state index is 12.2. The Bertz CT molecular complexity index is 553. The normalized spacial score (nSPS) is 26.4. The molecule has 0 N–H and O–H groups in total. The molecule has 1 aromatic carbocycles. The number of amides is 2. The van der Waals surface area contributed by atoms with E-state index < -0.39 is 0 Å². The van der Waals surface area contributed by atoms with Gasteiger partial charge >= 0.3 is 0 Å². The van der Waals surface area contributed by atoms with E-state index in [1.807, 2.05) is 32.2 Å². The molecule has 0 bridgehead atoms. The molecular weight excluding hydrogens is 228 g/mol. The molecule has 1 fully saturated rings. The molecule has 2 amide bonds. The molecule has 0 radical (unpaired) electrons. The average Bonchev–Trinajstić information content (AvgIpc) is 2.54. The van der Waals surface area contributed by atoms with Gasteiger partial charge in [0.2, 0.25) is 11.8 Å². The summed E-state index contributed by atoms with van der Waals surface area (Å²) in [5.74, 6) is -0.621. The van der Waals surface area contributed by atoms with Gasteiger partial charge in [-0.2, -0.15) is 0 Å². The van der Waals surface area contributed by atoms with Crippen LogP contribution >= 0.6 is 0 Å². The van der Waals surface area contributed by atoms with Gasteiger partial charge < -0.3 is 4.90 Å². The SMILES string of the molecule is Cc1ccc2c(c1)[C@@H]1C(=O)N(C)C(=O)[C@@H]1CN2C. The smallest absolute Gasteiger partial charge is 0.237 e. The third-order valence-corrected chi connectivity index (χ3v) is 4.05. The molecule has 94 valence electrons. The van der Waals surface area contributed by atoms with Gasteiger partial charge in [-0.1, -0.05) is 17.7 Å². The van der Waals surface area contributed by atoms with Crippen molar-refractivity contribution in [3.05, 3.63) is 29.3 Å². The van der Waals surface area contributed by atoms with Gasteiger partial charge in [-0.25, -0.2) is 0 Å². The molecule has 3 rings (SSSR count). The number of benzene rings is 1. The van der Waals surface area contributed by atoms with Gasteiger partial charge in [-0.15, -0.1) is 0 Å². The second kappa shape index (κ2) is 3.57. The Morgan fingerprint density at radius 2 is 1.89 bits per heavy atom. The second-order valence-electron chi connectivity index (χ2n) is 5.26. The van der Waals surface area contributed by atoms with Crippen LogP contribution in [0, 0.1) is 12.8 Å². The van der Waals surface area contributed by atoms with Crippen LogP contribution in [0.5, 0.6) is 0 Å². The lowest BCUT2D eigenvalue weighted by atomic mass is 9.82. The molecule has 2 heterocycles. The van der Waals surface area contributed by atoms with E-state index in [1.165, 1.54) is 4.90 Å². The summed E-state index contributed by atoms with van der Waals surface area (Å²) in [7, 11) is 3.55. The Hall–Kier alpha value is -1.84. The van der Waals surface area contributed by atoms with Crippen molar-refractivity contribution in [2.75, 3.05) is 25.5 Å². The molecular formula is C14H16N2O2. The summed E-state index contributed by atoms with van der Waals surface area (Å²) in [6.45, 7) is 2.63. The van der Waals surface area contributed by atoms with Crippen LogP contribution < -0.4 is 4.90 Å². The number of nitrogens with zero attached hydrogens (tertiary/aromatic N) is 2. The van der Waals surface area contributed by atoms with Gasteiger partial charge in [0.1, 0.15) is 0 Å². The molecule has 0 spiro atoms. The molecule has 4 nitrogen and oxygen atoms in total. The predicted octanol–water partition coefficient (Wildman–Crippen LogP) is 1.14. The first kappa shape index (κ1) is 11.3. The highest BCUT2D eigenvalue weighted by Crippen LogP contribution is 2.43. The second-order valence-corrected chi connectivity index (χ2v) is 5.26. The zero-order valence-corrected chi connectivity index (χ0v) is 10.8. The fraction of sp³-hybridized carbons (Fsp3) is 0.429. The van der Waals surface area contributed by atoms with Crippen LogP contribution in [0.25, 0.3) is 0 Å². The summed E-state index contributed by atoms with van der Waals surface area (Å²) in [6.07, 6.45) is 0. The van der Waals surface area contributed by atoms with E-state index in [1.54, 1.807) is 7.05 Å². The van der Waals surface area contributed by atoms with E-state index in [4.69, 9.17) is 0 Å². The summed E-state index contributed by atoms with van der Waals surface area (Å²) in [5.41, 5.74) is 3.19. The Balaban J connectivity index is 2.18. The molecule has 2 atom stereocenters. The molecule has 18 heavy (non-hydrogen) atoms. The van der Waals surface area contributed by atoms with Crippen molar-refractivity contribution in [1.82, 2.24) is 4.90 Å². The summed E-state index contributed by atoms with van der Waals surface area (Å²) in [4.78, 5) is 27.6. The number of likely N-dealkylation sites (tertiary alicyclic amines) is 1. The maximum Gasteiger partial charge on any atom is 0.237 e.